The fourth-order valence-electron chi connectivity index (χ4n) is 2.56. The second-order valence-electron chi connectivity index (χ2n) is 5.13. The van der Waals surface area contributed by atoms with Crippen molar-refractivity contribution in [1.29, 1.82) is 0 Å². The van der Waals surface area contributed by atoms with E-state index in [-0.39, 0.29) is 24.6 Å². The first-order valence-electron chi connectivity index (χ1n) is 6.71. The Labute approximate surface area is 117 Å². The van der Waals surface area contributed by atoms with Crippen molar-refractivity contribution < 1.29 is 14.8 Å². The number of nitro benzene ring substituents is 1. The molecule has 1 fully saturated rings. The first-order chi connectivity index (χ1) is 9.60. The minimum absolute atomic E-state index is 0.0598. The van der Waals surface area contributed by atoms with Crippen molar-refractivity contribution in [2.45, 2.75) is 12.8 Å². The minimum Gasteiger partial charge on any atom is -0.396 e. The molecule has 1 atom stereocenters. The lowest BCUT2D eigenvalue weighted by Gasteiger charge is -2.14. The highest BCUT2D eigenvalue weighted by Gasteiger charge is 2.24. The summed E-state index contributed by atoms with van der Waals surface area (Å²) in [4.78, 5) is 24.4. The predicted molar refractivity (Wildman–Crippen MR) is 73.7 cm³/mol. The zero-order valence-electron chi connectivity index (χ0n) is 11.2. The molecule has 2 rings (SSSR count). The zero-order chi connectivity index (χ0) is 14.5. The highest BCUT2D eigenvalue weighted by atomic mass is 16.6. The van der Waals surface area contributed by atoms with E-state index in [2.05, 4.69) is 0 Å². The maximum absolute atomic E-state index is 12.1. The average molecular weight is 278 g/mol. The lowest BCUT2D eigenvalue weighted by Crippen LogP contribution is -2.28. The van der Waals surface area contributed by atoms with E-state index >= 15 is 0 Å². The van der Waals surface area contributed by atoms with Crippen LogP contribution in [0.4, 0.5) is 5.69 Å². The third-order valence-electron chi connectivity index (χ3n) is 3.65. The lowest BCUT2D eigenvalue weighted by atomic mass is 10.1. The van der Waals surface area contributed by atoms with E-state index in [0.29, 0.717) is 11.5 Å². The van der Waals surface area contributed by atoms with Gasteiger partial charge in [0.2, 0.25) is 0 Å². The number of carbonyl (C=O) groups excluding carboxylic acids is 1. The number of hydrogen-bond acceptors (Lipinski definition) is 5. The molecule has 1 aromatic carbocycles. The van der Waals surface area contributed by atoms with Gasteiger partial charge in [0.1, 0.15) is 0 Å². The number of likely N-dealkylation sites (tertiary alicyclic amines) is 1. The molecule has 1 aromatic rings. The number of hydrogen-bond donors (Lipinski definition) is 1. The molecule has 0 spiro atoms. The molecule has 0 saturated carbocycles. The number of nitrogens with zero attached hydrogens (tertiary/aromatic N) is 2. The van der Waals surface area contributed by atoms with E-state index in [1.54, 1.807) is 6.07 Å². The molecule has 0 amide bonds. The average Bonchev–Trinajstić information content (AvgIpc) is 2.86. The van der Waals surface area contributed by atoms with Gasteiger partial charge in [0.25, 0.3) is 5.69 Å². The smallest absolute Gasteiger partial charge is 0.270 e. The molecule has 1 aliphatic rings. The quantitative estimate of drug-likeness (QED) is 0.484. The Morgan fingerprint density at radius 3 is 3.00 bits per heavy atom. The molecule has 0 aromatic heterocycles. The summed E-state index contributed by atoms with van der Waals surface area (Å²) in [7, 11) is 0. The summed E-state index contributed by atoms with van der Waals surface area (Å²) in [5.74, 6) is 0.344. The van der Waals surface area contributed by atoms with Crippen LogP contribution in [-0.2, 0) is 0 Å². The molecule has 1 heterocycles. The Hall–Kier alpha value is -1.79. The summed E-state index contributed by atoms with van der Waals surface area (Å²) in [6.45, 7) is 2.10. The Balaban J connectivity index is 1.95. The van der Waals surface area contributed by atoms with E-state index in [1.807, 2.05) is 4.90 Å². The van der Waals surface area contributed by atoms with Crippen LogP contribution in [0.2, 0.25) is 0 Å². The van der Waals surface area contributed by atoms with Gasteiger partial charge in [0.15, 0.2) is 5.78 Å². The van der Waals surface area contributed by atoms with Crippen LogP contribution in [0, 0.1) is 16.0 Å². The molecule has 6 nitrogen and oxygen atoms in total. The Bertz CT molecular complexity index is 504. The van der Waals surface area contributed by atoms with Crippen LogP contribution in [0.25, 0.3) is 0 Å². The van der Waals surface area contributed by atoms with Crippen LogP contribution >= 0.6 is 0 Å². The van der Waals surface area contributed by atoms with Crippen LogP contribution in [0.3, 0.4) is 0 Å². The molecular formula is C14H18N2O4. The predicted octanol–water partition coefficient (Wildman–Crippen LogP) is 1.48. The normalized spacial score (nSPS) is 19.1. The first-order valence-corrected chi connectivity index (χ1v) is 6.71. The number of aliphatic hydroxyl groups excluding tert-OH is 1. The monoisotopic (exact) mass is 278 g/mol. The standard InChI is InChI=1S/C14H18N2O4/c17-7-5-11-4-6-15(9-11)10-14(18)12-2-1-3-13(8-12)16(19)20/h1-3,8,11,17H,4-7,9-10H2. The fourth-order valence-corrected chi connectivity index (χ4v) is 2.56. The van der Waals surface area contributed by atoms with Gasteiger partial charge in [-0.1, -0.05) is 12.1 Å². The molecule has 0 bridgehead atoms. The number of rotatable bonds is 6. The highest BCUT2D eigenvalue weighted by molar-refractivity contribution is 5.98. The second-order valence-corrected chi connectivity index (χ2v) is 5.13. The van der Waals surface area contributed by atoms with Gasteiger partial charge in [-0.25, -0.2) is 0 Å². The minimum atomic E-state index is -0.496. The topological polar surface area (TPSA) is 83.7 Å². The van der Waals surface area contributed by atoms with Crippen LogP contribution in [0.15, 0.2) is 24.3 Å². The van der Waals surface area contributed by atoms with Crippen LogP contribution in [-0.4, -0.2) is 47.0 Å². The summed E-state index contributed by atoms with van der Waals surface area (Å²) in [5, 5.41) is 19.6. The highest BCUT2D eigenvalue weighted by Crippen LogP contribution is 2.20. The summed E-state index contributed by atoms with van der Waals surface area (Å²) < 4.78 is 0. The number of Topliss-reactive ketones (excluding diaryl/α,β-unsaturated/α-hetero) is 1. The van der Waals surface area contributed by atoms with Gasteiger partial charge in [-0.05, 0) is 25.3 Å². The number of carbonyl (C=O) groups is 1. The lowest BCUT2D eigenvalue weighted by molar-refractivity contribution is -0.384. The number of benzene rings is 1. The molecule has 0 radical (unpaired) electrons. The maximum atomic E-state index is 12.1. The van der Waals surface area contributed by atoms with Gasteiger partial charge in [0, 0.05) is 30.8 Å². The van der Waals surface area contributed by atoms with Crippen LogP contribution in [0.5, 0.6) is 0 Å². The van der Waals surface area contributed by atoms with E-state index in [4.69, 9.17) is 5.11 Å². The molecule has 108 valence electrons. The van der Waals surface area contributed by atoms with Gasteiger partial charge < -0.3 is 5.11 Å². The van der Waals surface area contributed by atoms with Crippen molar-refractivity contribution in [3.05, 3.63) is 39.9 Å². The molecule has 20 heavy (non-hydrogen) atoms. The zero-order valence-corrected chi connectivity index (χ0v) is 11.2. The molecule has 1 N–H and O–H groups in total. The molecule has 1 saturated heterocycles. The summed E-state index contributed by atoms with van der Waals surface area (Å²) >= 11 is 0. The number of nitro groups is 1. The van der Waals surface area contributed by atoms with Gasteiger partial charge in [-0.3, -0.25) is 19.8 Å². The Kier molecular flexibility index (Phi) is 4.81. The summed E-state index contributed by atoms with van der Waals surface area (Å²) in [5.41, 5.74) is 0.320. The first kappa shape index (κ1) is 14.6. The van der Waals surface area contributed by atoms with Gasteiger partial charge in [-0.2, -0.15) is 0 Å². The van der Waals surface area contributed by atoms with E-state index < -0.39 is 4.92 Å². The van der Waals surface area contributed by atoms with Crippen molar-refractivity contribution in [2.24, 2.45) is 5.92 Å². The van der Waals surface area contributed by atoms with Gasteiger partial charge >= 0.3 is 0 Å². The third-order valence-corrected chi connectivity index (χ3v) is 3.65. The maximum Gasteiger partial charge on any atom is 0.270 e. The van der Waals surface area contributed by atoms with Gasteiger partial charge in [0.05, 0.1) is 11.5 Å². The molecular weight excluding hydrogens is 260 g/mol. The Morgan fingerprint density at radius 2 is 2.30 bits per heavy atom. The van der Waals surface area contributed by atoms with Crippen molar-refractivity contribution in [1.82, 2.24) is 4.90 Å². The Morgan fingerprint density at radius 1 is 1.50 bits per heavy atom. The number of ketones is 1. The van der Waals surface area contributed by atoms with Crippen LogP contribution in [0.1, 0.15) is 23.2 Å². The van der Waals surface area contributed by atoms with Gasteiger partial charge in [-0.15, -0.1) is 0 Å². The molecule has 6 heteroatoms. The molecule has 0 aliphatic carbocycles. The van der Waals surface area contributed by atoms with E-state index in [0.717, 1.165) is 25.9 Å². The molecule has 1 aliphatic heterocycles. The van der Waals surface area contributed by atoms with Crippen molar-refractivity contribution in [3.63, 3.8) is 0 Å². The molecule has 1 unspecified atom stereocenters. The number of aliphatic hydroxyl groups is 1. The number of non-ortho nitro benzene ring substituents is 1. The second kappa shape index (κ2) is 6.58. The summed E-state index contributed by atoms with van der Waals surface area (Å²) in [6.07, 6.45) is 1.75. The SMILES string of the molecule is O=C(CN1CCC(CCO)C1)c1cccc([N+](=O)[O-])c1. The van der Waals surface area contributed by atoms with E-state index in [9.17, 15) is 14.9 Å². The summed E-state index contributed by atoms with van der Waals surface area (Å²) in [6, 6.07) is 5.84. The van der Waals surface area contributed by atoms with Crippen molar-refractivity contribution in [3.8, 4) is 0 Å². The largest absolute Gasteiger partial charge is 0.396 e. The fraction of sp³-hybridized carbons (Fsp3) is 0.500. The van der Waals surface area contributed by atoms with Crippen molar-refractivity contribution >= 4 is 11.5 Å². The van der Waals surface area contributed by atoms with Crippen LogP contribution < -0.4 is 0 Å². The third kappa shape index (κ3) is 3.61. The van der Waals surface area contributed by atoms with E-state index in [1.165, 1.54) is 18.2 Å². The van der Waals surface area contributed by atoms with Crippen molar-refractivity contribution in [2.75, 3.05) is 26.2 Å².